The van der Waals surface area contributed by atoms with Crippen molar-refractivity contribution in [3.63, 3.8) is 0 Å². The van der Waals surface area contributed by atoms with E-state index >= 15 is 0 Å². The van der Waals surface area contributed by atoms with Crippen LogP contribution in [-0.2, 0) is 16.0 Å². The van der Waals surface area contributed by atoms with Crippen LogP contribution < -0.4 is 11.1 Å². The summed E-state index contributed by atoms with van der Waals surface area (Å²) in [5, 5.41) is 2.39. The zero-order valence-electron chi connectivity index (χ0n) is 7.04. The van der Waals surface area contributed by atoms with Crippen LogP contribution in [0.3, 0.4) is 0 Å². The Morgan fingerprint density at radius 1 is 1.54 bits per heavy atom. The lowest BCUT2D eigenvalue weighted by Crippen LogP contribution is -2.36. The van der Waals surface area contributed by atoms with Gasteiger partial charge in [0.15, 0.2) is 0 Å². The van der Waals surface area contributed by atoms with Crippen LogP contribution in [0.2, 0.25) is 0 Å². The van der Waals surface area contributed by atoms with Crippen molar-refractivity contribution in [2.45, 2.75) is 6.42 Å². The summed E-state index contributed by atoms with van der Waals surface area (Å²) >= 11 is 0. The van der Waals surface area contributed by atoms with Crippen molar-refractivity contribution in [3.8, 4) is 0 Å². The smallest absolute Gasteiger partial charge is 0.309 e. The molecule has 1 rings (SSSR count). The van der Waals surface area contributed by atoms with Gasteiger partial charge in [0.1, 0.15) is 0 Å². The summed E-state index contributed by atoms with van der Waals surface area (Å²) in [6.07, 6.45) is 4.31. The van der Waals surface area contributed by atoms with Gasteiger partial charge < -0.3 is 16.0 Å². The normalized spacial score (nSPS) is 9.54. The number of H-pyrrole nitrogens is 1. The molecule has 4 N–H and O–H groups in total. The van der Waals surface area contributed by atoms with Gasteiger partial charge >= 0.3 is 11.8 Å². The van der Waals surface area contributed by atoms with Gasteiger partial charge in [-0.05, 0) is 18.1 Å². The quantitative estimate of drug-likeness (QED) is 0.531. The number of primary amides is 1. The second-order valence-corrected chi connectivity index (χ2v) is 2.59. The average Bonchev–Trinajstić information content (AvgIpc) is 2.56. The molecule has 0 fully saturated rings. The van der Waals surface area contributed by atoms with E-state index in [0.29, 0.717) is 13.0 Å². The van der Waals surface area contributed by atoms with E-state index in [1.54, 1.807) is 6.20 Å². The fourth-order valence-electron chi connectivity index (χ4n) is 0.921. The van der Waals surface area contributed by atoms with Gasteiger partial charge in [-0.25, -0.2) is 0 Å². The zero-order chi connectivity index (χ0) is 9.68. The molecular formula is C8H11N3O2. The van der Waals surface area contributed by atoms with Crippen molar-refractivity contribution >= 4 is 11.8 Å². The van der Waals surface area contributed by atoms with Crippen LogP contribution in [0.4, 0.5) is 0 Å². The Morgan fingerprint density at radius 3 is 2.85 bits per heavy atom. The lowest BCUT2D eigenvalue weighted by atomic mass is 10.2. The summed E-state index contributed by atoms with van der Waals surface area (Å²) in [4.78, 5) is 23.9. The Kier molecular flexibility index (Phi) is 3.08. The molecule has 13 heavy (non-hydrogen) atoms. The lowest BCUT2D eigenvalue weighted by Gasteiger charge is -1.99. The van der Waals surface area contributed by atoms with Crippen LogP contribution in [0.5, 0.6) is 0 Å². The molecule has 0 unspecified atom stereocenters. The Bertz CT molecular complexity index is 292. The molecule has 2 amide bonds. The highest BCUT2D eigenvalue weighted by Crippen LogP contribution is 1.95. The van der Waals surface area contributed by atoms with E-state index in [9.17, 15) is 9.59 Å². The third-order valence-corrected chi connectivity index (χ3v) is 1.59. The molecule has 5 nitrogen and oxygen atoms in total. The monoisotopic (exact) mass is 181 g/mol. The fourth-order valence-corrected chi connectivity index (χ4v) is 0.921. The molecule has 0 radical (unpaired) electrons. The van der Waals surface area contributed by atoms with Crippen molar-refractivity contribution in [3.05, 3.63) is 24.0 Å². The molecule has 5 heteroatoms. The number of hydrogen-bond donors (Lipinski definition) is 3. The number of nitrogens with one attached hydrogen (secondary N) is 2. The molecule has 0 atom stereocenters. The summed E-state index contributed by atoms with van der Waals surface area (Å²) in [5.41, 5.74) is 5.81. The maximum Gasteiger partial charge on any atom is 0.309 e. The topological polar surface area (TPSA) is 88.0 Å². The van der Waals surface area contributed by atoms with E-state index in [-0.39, 0.29) is 0 Å². The number of rotatable bonds is 3. The van der Waals surface area contributed by atoms with Gasteiger partial charge in [-0.1, -0.05) is 0 Å². The van der Waals surface area contributed by atoms with Crippen molar-refractivity contribution in [1.82, 2.24) is 10.3 Å². The van der Waals surface area contributed by atoms with Crippen LogP contribution in [0, 0.1) is 0 Å². The number of hydrogen-bond acceptors (Lipinski definition) is 2. The highest BCUT2D eigenvalue weighted by atomic mass is 16.2. The minimum Gasteiger partial charge on any atom is -0.367 e. The maximum atomic E-state index is 10.7. The summed E-state index contributed by atoms with van der Waals surface area (Å²) in [6, 6.07) is 1.90. The highest BCUT2D eigenvalue weighted by molar-refractivity contribution is 6.34. The van der Waals surface area contributed by atoms with Gasteiger partial charge in [-0.2, -0.15) is 0 Å². The molecule has 0 saturated heterocycles. The van der Waals surface area contributed by atoms with Gasteiger partial charge in [0.25, 0.3) is 0 Å². The van der Waals surface area contributed by atoms with Gasteiger partial charge in [-0.15, -0.1) is 0 Å². The molecule has 0 aliphatic heterocycles. The highest BCUT2D eigenvalue weighted by Gasteiger charge is 2.06. The van der Waals surface area contributed by atoms with E-state index in [0.717, 1.165) is 5.56 Å². The molecule has 1 heterocycles. The molecule has 0 bridgehead atoms. The molecule has 0 aliphatic carbocycles. The van der Waals surface area contributed by atoms with Gasteiger partial charge in [0.05, 0.1) is 0 Å². The Hall–Kier alpha value is -1.78. The van der Waals surface area contributed by atoms with Crippen LogP contribution in [0.25, 0.3) is 0 Å². The second kappa shape index (κ2) is 4.30. The molecular weight excluding hydrogens is 170 g/mol. The Balaban J connectivity index is 2.22. The summed E-state index contributed by atoms with van der Waals surface area (Å²) < 4.78 is 0. The number of aromatic nitrogens is 1. The van der Waals surface area contributed by atoms with Crippen LogP contribution in [0.1, 0.15) is 5.56 Å². The molecule has 1 aromatic heterocycles. The van der Waals surface area contributed by atoms with E-state index in [4.69, 9.17) is 5.73 Å². The summed E-state index contributed by atoms with van der Waals surface area (Å²) in [5.74, 6) is -1.69. The van der Waals surface area contributed by atoms with Gasteiger partial charge in [-0.3, -0.25) is 9.59 Å². The summed E-state index contributed by atoms with van der Waals surface area (Å²) in [6.45, 7) is 0.416. The van der Waals surface area contributed by atoms with Gasteiger partial charge in [0.2, 0.25) is 0 Å². The Labute approximate surface area is 75.3 Å². The van der Waals surface area contributed by atoms with E-state index in [1.807, 2.05) is 12.3 Å². The van der Waals surface area contributed by atoms with Crippen molar-refractivity contribution < 1.29 is 9.59 Å². The second-order valence-electron chi connectivity index (χ2n) is 2.59. The van der Waals surface area contributed by atoms with E-state index < -0.39 is 11.8 Å². The van der Waals surface area contributed by atoms with Crippen molar-refractivity contribution in [2.24, 2.45) is 5.73 Å². The number of nitrogens with two attached hydrogens (primary N) is 1. The zero-order valence-corrected chi connectivity index (χ0v) is 7.04. The molecule has 1 aromatic rings. The number of aromatic amines is 1. The maximum absolute atomic E-state index is 10.7. The first-order valence-electron chi connectivity index (χ1n) is 3.89. The fraction of sp³-hybridized carbons (Fsp3) is 0.250. The molecule has 0 saturated carbocycles. The first-order chi connectivity index (χ1) is 6.20. The predicted octanol–water partition coefficient (Wildman–Crippen LogP) is -0.841. The van der Waals surface area contributed by atoms with E-state index in [2.05, 4.69) is 10.3 Å². The average molecular weight is 181 g/mol. The summed E-state index contributed by atoms with van der Waals surface area (Å²) in [7, 11) is 0. The van der Waals surface area contributed by atoms with Gasteiger partial charge in [0, 0.05) is 18.9 Å². The Morgan fingerprint density at radius 2 is 2.31 bits per heavy atom. The van der Waals surface area contributed by atoms with E-state index in [1.165, 1.54) is 0 Å². The molecule has 70 valence electrons. The minimum absolute atomic E-state index is 0.416. The van der Waals surface area contributed by atoms with Crippen LogP contribution in [-0.4, -0.2) is 23.3 Å². The third kappa shape index (κ3) is 2.98. The largest absolute Gasteiger partial charge is 0.367 e. The molecule has 0 spiro atoms. The first kappa shape index (κ1) is 9.31. The SMILES string of the molecule is NC(=O)C(=O)NCCc1cc[nH]c1. The third-order valence-electron chi connectivity index (χ3n) is 1.59. The minimum atomic E-state index is -0.950. The molecule has 0 aromatic carbocycles. The predicted molar refractivity (Wildman–Crippen MR) is 46.7 cm³/mol. The van der Waals surface area contributed by atoms with Crippen molar-refractivity contribution in [2.75, 3.05) is 6.54 Å². The number of amides is 2. The lowest BCUT2D eigenvalue weighted by molar-refractivity contribution is -0.137. The first-order valence-corrected chi connectivity index (χ1v) is 3.89. The van der Waals surface area contributed by atoms with Crippen LogP contribution in [0.15, 0.2) is 18.5 Å². The van der Waals surface area contributed by atoms with Crippen molar-refractivity contribution in [1.29, 1.82) is 0 Å². The number of carbonyl (C=O) groups excluding carboxylic acids is 2. The standard InChI is InChI=1S/C8H11N3O2/c9-7(12)8(13)11-4-2-6-1-3-10-5-6/h1,3,5,10H,2,4H2,(H2,9,12)(H,11,13). The van der Waals surface area contributed by atoms with Crippen LogP contribution >= 0.6 is 0 Å². The molecule has 0 aliphatic rings. The number of carbonyl (C=O) groups is 2.